The maximum absolute atomic E-state index is 6.03. The summed E-state index contributed by atoms with van der Waals surface area (Å²) in [5, 5.41) is 3.42. The first-order valence-electron chi connectivity index (χ1n) is 7.30. The lowest BCUT2D eigenvalue weighted by atomic mass is 10.1. The molecule has 4 nitrogen and oxygen atoms in total. The highest BCUT2D eigenvalue weighted by Crippen LogP contribution is 2.32. The van der Waals surface area contributed by atoms with Gasteiger partial charge in [-0.1, -0.05) is 26.0 Å². The van der Waals surface area contributed by atoms with Gasteiger partial charge >= 0.3 is 0 Å². The van der Waals surface area contributed by atoms with Gasteiger partial charge in [0.2, 0.25) is 0 Å². The van der Waals surface area contributed by atoms with Crippen LogP contribution in [0.5, 0.6) is 11.5 Å². The SMILES string of the molecule is COc1cccc(CNC(C)C)c1OCC1CCOC1. The van der Waals surface area contributed by atoms with Crippen LogP contribution >= 0.6 is 0 Å². The zero-order chi connectivity index (χ0) is 14.4. The summed E-state index contributed by atoms with van der Waals surface area (Å²) >= 11 is 0. The summed E-state index contributed by atoms with van der Waals surface area (Å²) in [6, 6.07) is 6.47. The van der Waals surface area contributed by atoms with E-state index in [4.69, 9.17) is 14.2 Å². The molecule has 0 aromatic heterocycles. The van der Waals surface area contributed by atoms with Crippen molar-refractivity contribution < 1.29 is 14.2 Å². The predicted octanol–water partition coefficient (Wildman–Crippen LogP) is 2.61. The smallest absolute Gasteiger partial charge is 0.165 e. The Bertz CT molecular complexity index is 414. The second-order valence-electron chi connectivity index (χ2n) is 5.52. The van der Waals surface area contributed by atoms with Crippen molar-refractivity contribution in [2.45, 2.75) is 32.9 Å². The minimum Gasteiger partial charge on any atom is -0.493 e. The fraction of sp³-hybridized carbons (Fsp3) is 0.625. The lowest BCUT2D eigenvalue weighted by Gasteiger charge is -2.18. The molecule has 0 bridgehead atoms. The van der Waals surface area contributed by atoms with E-state index in [2.05, 4.69) is 25.2 Å². The molecule has 2 rings (SSSR count). The quantitative estimate of drug-likeness (QED) is 0.833. The zero-order valence-electron chi connectivity index (χ0n) is 12.6. The van der Waals surface area contributed by atoms with Gasteiger partial charge in [-0.15, -0.1) is 0 Å². The molecule has 1 N–H and O–H groups in total. The lowest BCUT2D eigenvalue weighted by Crippen LogP contribution is -2.22. The number of nitrogens with one attached hydrogen (secondary N) is 1. The standard InChI is InChI=1S/C16H25NO3/c1-12(2)17-9-14-5-4-6-15(18-3)16(14)20-11-13-7-8-19-10-13/h4-6,12-13,17H,7-11H2,1-3H3. The zero-order valence-corrected chi connectivity index (χ0v) is 12.6. The largest absolute Gasteiger partial charge is 0.493 e. The van der Waals surface area contributed by atoms with Crippen LogP contribution in [0, 0.1) is 5.92 Å². The van der Waals surface area contributed by atoms with Crippen LogP contribution in [-0.4, -0.2) is 33.0 Å². The van der Waals surface area contributed by atoms with E-state index in [0.29, 0.717) is 18.6 Å². The monoisotopic (exact) mass is 279 g/mol. The van der Waals surface area contributed by atoms with Crippen LogP contribution in [0.15, 0.2) is 18.2 Å². The van der Waals surface area contributed by atoms with Crippen LogP contribution in [0.2, 0.25) is 0 Å². The van der Waals surface area contributed by atoms with Crippen LogP contribution in [-0.2, 0) is 11.3 Å². The molecule has 1 aromatic carbocycles. The van der Waals surface area contributed by atoms with Crippen LogP contribution in [0.4, 0.5) is 0 Å². The molecule has 0 amide bonds. The summed E-state index contributed by atoms with van der Waals surface area (Å²) in [6.07, 6.45) is 1.08. The minimum atomic E-state index is 0.442. The van der Waals surface area contributed by atoms with Gasteiger partial charge in [0.05, 0.1) is 20.3 Å². The summed E-state index contributed by atoms with van der Waals surface area (Å²) in [5.41, 5.74) is 1.14. The molecule has 1 heterocycles. The number of hydrogen-bond acceptors (Lipinski definition) is 4. The van der Waals surface area contributed by atoms with Crippen molar-refractivity contribution in [3.63, 3.8) is 0 Å². The van der Waals surface area contributed by atoms with Gasteiger partial charge in [0.25, 0.3) is 0 Å². The Morgan fingerprint density at radius 1 is 1.40 bits per heavy atom. The van der Waals surface area contributed by atoms with Gasteiger partial charge in [-0.2, -0.15) is 0 Å². The molecule has 20 heavy (non-hydrogen) atoms. The van der Waals surface area contributed by atoms with E-state index in [0.717, 1.165) is 43.2 Å². The van der Waals surface area contributed by atoms with Crippen LogP contribution in [0.1, 0.15) is 25.8 Å². The molecule has 1 saturated heterocycles. The topological polar surface area (TPSA) is 39.7 Å². The average molecular weight is 279 g/mol. The Labute approximate surface area is 121 Å². The first-order valence-corrected chi connectivity index (χ1v) is 7.30. The first-order chi connectivity index (χ1) is 9.70. The molecule has 1 atom stereocenters. The molecule has 1 aliphatic heterocycles. The summed E-state index contributed by atoms with van der Waals surface area (Å²) in [6.45, 7) is 7.39. The van der Waals surface area contributed by atoms with Gasteiger partial charge < -0.3 is 19.5 Å². The number of ether oxygens (including phenoxy) is 3. The van der Waals surface area contributed by atoms with Crippen molar-refractivity contribution in [2.24, 2.45) is 5.92 Å². The third kappa shape index (κ3) is 4.12. The van der Waals surface area contributed by atoms with Crippen LogP contribution in [0.25, 0.3) is 0 Å². The molecular weight excluding hydrogens is 254 g/mol. The van der Waals surface area contributed by atoms with E-state index >= 15 is 0 Å². The Hall–Kier alpha value is -1.26. The van der Waals surface area contributed by atoms with Gasteiger partial charge in [-0.25, -0.2) is 0 Å². The van der Waals surface area contributed by atoms with Crippen molar-refractivity contribution in [1.29, 1.82) is 0 Å². The highest BCUT2D eigenvalue weighted by Gasteiger charge is 2.18. The van der Waals surface area contributed by atoms with E-state index in [1.165, 1.54) is 0 Å². The number of rotatable bonds is 7. The molecule has 0 radical (unpaired) electrons. The van der Waals surface area contributed by atoms with Crippen molar-refractivity contribution in [1.82, 2.24) is 5.32 Å². The maximum Gasteiger partial charge on any atom is 0.165 e. The van der Waals surface area contributed by atoms with Gasteiger partial charge in [-0.05, 0) is 12.5 Å². The lowest BCUT2D eigenvalue weighted by molar-refractivity contribution is 0.165. The van der Waals surface area contributed by atoms with Crippen molar-refractivity contribution in [3.05, 3.63) is 23.8 Å². The maximum atomic E-state index is 6.03. The average Bonchev–Trinajstić information content (AvgIpc) is 2.96. The number of benzene rings is 1. The molecule has 1 fully saturated rings. The second-order valence-corrected chi connectivity index (χ2v) is 5.52. The minimum absolute atomic E-state index is 0.442. The van der Waals surface area contributed by atoms with Crippen molar-refractivity contribution in [2.75, 3.05) is 26.9 Å². The van der Waals surface area contributed by atoms with E-state index in [-0.39, 0.29) is 0 Å². The molecular formula is C16H25NO3. The Kier molecular flexibility index (Phi) is 5.68. The molecule has 0 aliphatic carbocycles. The second kappa shape index (κ2) is 7.50. The van der Waals surface area contributed by atoms with E-state index in [1.54, 1.807) is 7.11 Å². The summed E-state index contributed by atoms with van der Waals surface area (Å²) in [7, 11) is 1.68. The fourth-order valence-corrected chi connectivity index (χ4v) is 2.26. The predicted molar refractivity (Wildman–Crippen MR) is 79.4 cm³/mol. The molecule has 1 aliphatic rings. The normalized spacial score (nSPS) is 18.5. The molecule has 1 aromatic rings. The third-order valence-electron chi connectivity index (χ3n) is 3.47. The van der Waals surface area contributed by atoms with Gasteiger partial charge in [-0.3, -0.25) is 0 Å². The number of para-hydroxylation sites is 1. The van der Waals surface area contributed by atoms with Gasteiger partial charge in [0.1, 0.15) is 0 Å². The summed E-state index contributed by atoms with van der Waals surface area (Å²) < 4.78 is 16.8. The molecule has 0 spiro atoms. The molecule has 112 valence electrons. The molecule has 4 heteroatoms. The molecule has 1 unspecified atom stereocenters. The van der Waals surface area contributed by atoms with Gasteiger partial charge in [0.15, 0.2) is 11.5 Å². The van der Waals surface area contributed by atoms with Crippen molar-refractivity contribution >= 4 is 0 Å². The number of hydrogen-bond donors (Lipinski definition) is 1. The van der Waals surface area contributed by atoms with E-state index < -0.39 is 0 Å². The highest BCUT2D eigenvalue weighted by molar-refractivity contribution is 5.46. The number of methoxy groups -OCH3 is 1. The van der Waals surface area contributed by atoms with E-state index in [1.807, 2.05) is 12.1 Å². The summed E-state index contributed by atoms with van der Waals surface area (Å²) in [5.74, 6) is 2.15. The first kappa shape index (κ1) is 15.1. The van der Waals surface area contributed by atoms with Crippen molar-refractivity contribution in [3.8, 4) is 11.5 Å². The van der Waals surface area contributed by atoms with Gasteiger partial charge in [0, 0.05) is 30.7 Å². The van der Waals surface area contributed by atoms with E-state index in [9.17, 15) is 0 Å². The van der Waals surface area contributed by atoms with Crippen LogP contribution in [0.3, 0.4) is 0 Å². The Morgan fingerprint density at radius 3 is 2.90 bits per heavy atom. The Balaban J connectivity index is 2.05. The summed E-state index contributed by atoms with van der Waals surface area (Å²) in [4.78, 5) is 0. The highest BCUT2D eigenvalue weighted by atomic mass is 16.5. The molecule has 0 saturated carbocycles. The van der Waals surface area contributed by atoms with Crippen LogP contribution < -0.4 is 14.8 Å². The fourth-order valence-electron chi connectivity index (χ4n) is 2.26. The Morgan fingerprint density at radius 2 is 2.25 bits per heavy atom. The third-order valence-corrected chi connectivity index (χ3v) is 3.47.